The van der Waals surface area contributed by atoms with Gasteiger partial charge in [0.05, 0.1) is 5.70 Å². The van der Waals surface area contributed by atoms with Gasteiger partial charge in [0.25, 0.3) is 5.79 Å². The highest BCUT2D eigenvalue weighted by molar-refractivity contribution is 6.06. The lowest BCUT2D eigenvalue weighted by atomic mass is 9.76. The van der Waals surface area contributed by atoms with Crippen molar-refractivity contribution >= 4 is 11.7 Å². The van der Waals surface area contributed by atoms with Crippen LogP contribution in [0, 0.1) is 0 Å². The number of nitrogens with one attached hydrogen (secondary N) is 1. The minimum atomic E-state index is -1.97. The first-order chi connectivity index (χ1) is 9.29. The van der Waals surface area contributed by atoms with Gasteiger partial charge in [0.2, 0.25) is 5.91 Å². The Hall–Kier alpha value is -2.34. The summed E-state index contributed by atoms with van der Waals surface area (Å²) in [5.74, 6) is -2.50. The third kappa shape index (κ3) is 1.31. The average molecular weight is 275 g/mol. The van der Waals surface area contributed by atoms with Crippen molar-refractivity contribution in [3.05, 3.63) is 35.5 Å². The number of phenolic OH excluding ortho intramolecular Hbond substituents is 1. The summed E-state index contributed by atoms with van der Waals surface area (Å²) in [5.41, 5.74) is -0.992. The number of fused-ring (bicyclic) bond motifs is 3. The zero-order valence-electron chi connectivity index (χ0n) is 10.9. The Morgan fingerprint density at radius 1 is 1.40 bits per heavy atom. The molecule has 1 heterocycles. The highest BCUT2D eigenvalue weighted by Gasteiger charge is 2.66. The van der Waals surface area contributed by atoms with Gasteiger partial charge < -0.3 is 20.3 Å². The third-order valence-electron chi connectivity index (χ3n) is 3.88. The molecule has 0 bridgehead atoms. The Bertz CT molecular complexity index is 680. The van der Waals surface area contributed by atoms with Crippen LogP contribution in [0.2, 0.25) is 0 Å². The molecule has 0 spiro atoms. The molecule has 0 saturated heterocycles. The zero-order valence-corrected chi connectivity index (χ0v) is 10.9. The number of phenols is 1. The summed E-state index contributed by atoms with van der Waals surface area (Å²) in [6.45, 7) is 2.80. The zero-order chi connectivity index (χ0) is 14.7. The molecular weight excluding hydrogens is 262 g/mol. The summed E-state index contributed by atoms with van der Waals surface area (Å²) in [4.78, 5) is 23.5. The second-order valence-electron chi connectivity index (χ2n) is 5.15. The second kappa shape index (κ2) is 3.61. The molecule has 2 atom stereocenters. The quantitative estimate of drug-likeness (QED) is 0.686. The van der Waals surface area contributed by atoms with E-state index in [0.29, 0.717) is 11.3 Å². The number of carbonyl (C=O) groups excluding carboxylic acids is 2. The minimum absolute atomic E-state index is 0.00758. The van der Waals surface area contributed by atoms with E-state index in [-0.39, 0.29) is 11.4 Å². The molecule has 0 aromatic heterocycles. The summed E-state index contributed by atoms with van der Waals surface area (Å²) >= 11 is 0. The number of hydrogen-bond donors (Lipinski definition) is 3. The summed E-state index contributed by atoms with van der Waals surface area (Å²) < 4.78 is 5.50. The monoisotopic (exact) mass is 275 g/mol. The van der Waals surface area contributed by atoms with E-state index in [1.165, 1.54) is 32.0 Å². The molecule has 1 aromatic rings. The van der Waals surface area contributed by atoms with E-state index in [0.717, 1.165) is 6.08 Å². The lowest BCUT2D eigenvalue weighted by molar-refractivity contribution is -0.151. The fraction of sp³-hybridized carbons (Fsp3) is 0.286. The number of benzene rings is 1. The molecule has 0 unspecified atom stereocenters. The van der Waals surface area contributed by atoms with Crippen molar-refractivity contribution in [3.63, 3.8) is 0 Å². The molecule has 6 nitrogen and oxygen atoms in total. The Labute approximate surface area is 114 Å². The molecule has 2 aliphatic rings. The maximum atomic E-state index is 12.3. The molecule has 3 N–H and O–H groups in total. The molecule has 1 amide bonds. The van der Waals surface area contributed by atoms with Crippen LogP contribution in [0.5, 0.6) is 11.5 Å². The molecular formula is C14H13NO5. The van der Waals surface area contributed by atoms with Gasteiger partial charge in [-0.1, -0.05) is 0 Å². The van der Waals surface area contributed by atoms with Crippen LogP contribution in [0.15, 0.2) is 30.0 Å². The van der Waals surface area contributed by atoms with Gasteiger partial charge in [-0.15, -0.1) is 0 Å². The Morgan fingerprint density at radius 3 is 2.75 bits per heavy atom. The minimum Gasteiger partial charge on any atom is -0.508 e. The molecule has 20 heavy (non-hydrogen) atoms. The van der Waals surface area contributed by atoms with Crippen molar-refractivity contribution in [2.45, 2.75) is 25.0 Å². The van der Waals surface area contributed by atoms with Crippen LogP contribution < -0.4 is 10.1 Å². The highest BCUT2D eigenvalue weighted by Crippen LogP contribution is 2.55. The summed E-state index contributed by atoms with van der Waals surface area (Å²) in [6.07, 6.45) is 1.16. The van der Waals surface area contributed by atoms with Gasteiger partial charge in [-0.2, -0.15) is 0 Å². The molecule has 6 heteroatoms. The lowest BCUT2D eigenvalue weighted by Crippen LogP contribution is -2.53. The number of ether oxygens (including phenoxy) is 1. The standard InChI is InChI=1S/C14H13NO5/c1-7(16)15-11-6-12(18)13(2)9-5-8(17)3-4-10(9)20-14(11,13)19/h3-6,17,19H,1-2H3,(H,15,16)/t13-,14+/m1/s1. The molecule has 1 aliphatic heterocycles. The first kappa shape index (κ1) is 12.7. The number of aliphatic hydroxyl groups is 1. The largest absolute Gasteiger partial charge is 0.508 e. The van der Waals surface area contributed by atoms with E-state index < -0.39 is 22.9 Å². The van der Waals surface area contributed by atoms with E-state index in [1.807, 2.05) is 0 Å². The lowest BCUT2D eigenvalue weighted by Gasteiger charge is -2.32. The van der Waals surface area contributed by atoms with E-state index in [9.17, 15) is 19.8 Å². The topological polar surface area (TPSA) is 95.9 Å². The van der Waals surface area contributed by atoms with Crippen LogP contribution in [0.25, 0.3) is 0 Å². The van der Waals surface area contributed by atoms with Gasteiger partial charge in [-0.05, 0) is 25.1 Å². The number of allylic oxidation sites excluding steroid dienone is 1. The predicted octanol–water partition coefficient (Wildman–Crippen LogP) is 0.334. The molecule has 0 fully saturated rings. The van der Waals surface area contributed by atoms with Crippen molar-refractivity contribution in [2.75, 3.05) is 0 Å². The smallest absolute Gasteiger partial charge is 0.266 e. The first-order valence-electron chi connectivity index (χ1n) is 6.08. The van der Waals surface area contributed by atoms with Crippen LogP contribution in [0.3, 0.4) is 0 Å². The number of ketones is 1. The maximum absolute atomic E-state index is 12.3. The fourth-order valence-electron chi connectivity index (χ4n) is 2.75. The van der Waals surface area contributed by atoms with Crippen molar-refractivity contribution in [3.8, 4) is 11.5 Å². The summed E-state index contributed by atoms with van der Waals surface area (Å²) in [6, 6.07) is 4.26. The van der Waals surface area contributed by atoms with Gasteiger partial charge in [0.15, 0.2) is 5.78 Å². The Kier molecular flexibility index (Phi) is 2.29. The van der Waals surface area contributed by atoms with E-state index in [4.69, 9.17) is 4.74 Å². The number of carbonyl (C=O) groups is 2. The molecule has 3 rings (SSSR count). The number of hydrogen-bond acceptors (Lipinski definition) is 5. The molecule has 1 aliphatic carbocycles. The number of rotatable bonds is 1. The number of amides is 1. The summed E-state index contributed by atoms with van der Waals surface area (Å²) in [5, 5.41) is 22.8. The van der Waals surface area contributed by atoms with Crippen molar-refractivity contribution in [1.29, 1.82) is 0 Å². The van der Waals surface area contributed by atoms with E-state index in [1.54, 1.807) is 0 Å². The van der Waals surface area contributed by atoms with Crippen molar-refractivity contribution in [2.24, 2.45) is 0 Å². The van der Waals surface area contributed by atoms with Crippen molar-refractivity contribution < 1.29 is 24.5 Å². The summed E-state index contributed by atoms with van der Waals surface area (Å²) in [7, 11) is 0. The van der Waals surface area contributed by atoms with E-state index >= 15 is 0 Å². The van der Waals surface area contributed by atoms with Crippen molar-refractivity contribution in [1.82, 2.24) is 5.32 Å². The first-order valence-corrected chi connectivity index (χ1v) is 6.08. The number of aromatic hydroxyl groups is 1. The normalized spacial score (nSPS) is 30.4. The van der Waals surface area contributed by atoms with Crippen LogP contribution in [0.1, 0.15) is 19.4 Å². The van der Waals surface area contributed by atoms with Gasteiger partial charge in [-0.3, -0.25) is 9.59 Å². The van der Waals surface area contributed by atoms with Crippen LogP contribution in [0.4, 0.5) is 0 Å². The maximum Gasteiger partial charge on any atom is 0.266 e. The fourth-order valence-corrected chi connectivity index (χ4v) is 2.75. The third-order valence-corrected chi connectivity index (χ3v) is 3.88. The highest BCUT2D eigenvalue weighted by atomic mass is 16.6. The second-order valence-corrected chi connectivity index (χ2v) is 5.15. The molecule has 1 aromatic carbocycles. The van der Waals surface area contributed by atoms with Crippen LogP contribution in [-0.2, 0) is 15.0 Å². The SMILES string of the molecule is CC(=O)NC1=CC(=O)[C@@]2(C)c3cc(O)ccc3O[C@@]12O. The van der Waals surface area contributed by atoms with E-state index in [2.05, 4.69) is 5.32 Å². The van der Waals surface area contributed by atoms with Gasteiger partial charge in [-0.25, -0.2) is 0 Å². The Balaban J connectivity index is 2.17. The Morgan fingerprint density at radius 2 is 2.10 bits per heavy atom. The van der Waals surface area contributed by atoms with Crippen LogP contribution >= 0.6 is 0 Å². The molecule has 0 saturated carbocycles. The van der Waals surface area contributed by atoms with Crippen LogP contribution in [-0.4, -0.2) is 27.7 Å². The van der Waals surface area contributed by atoms with Gasteiger partial charge >= 0.3 is 0 Å². The average Bonchev–Trinajstić information content (AvgIpc) is 2.69. The molecule has 0 radical (unpaired) electrons. The molecule has 104 valence electrons. The predicted molar refractivity (Wildman–Crippen MR) is 67.9 cm³/mol. The van der Waals surface area contributed by atoms with Gasteiger partial charge in [0, 0.05) is 18.6 Å². The van der Waals surface area contributed by atoms with Gasteiger partial charge in [0.1, 0.15) is 16.9 Å².